The molecule has 174 valence electrons. The zero-order chi connectivity index (χ0) is 23.1. The average molecular weight is 442 g/mol. The van der Waals surface area contributed by atoms with E-state index in [4.69, 9.17) is 14.2 Å². The molecule has 32 heavy (non-hydrogen) atoms. The molecule has 1 heterocycles. The number of nitrogens with one attached hydrogen (secondary N) is 1. The quantitative estimate of drug-likeness (QED) is 0.398. The van der Waals surface area contributed by atoms with E-state index < -0.39 is 5.92 Å². The molecule has 3 rings (SSSR count). The number of carbonyl (C=O) groups excluding carboxylic acids is 2. The van der Waals surface area contributed by atoms with E-state index in [1.54, 1.807) is 7.11 Å². The van der Waals surface area contributed by atoms with E-state index in [9.17, 15) is 9.59 Å². The average Bonchev–Trinajstić information content (AvgIpc) is 2.79. The van der Waals surface area contributed by atoms with Crippen molar-refractivity contribution >= 4 is 11.8 Å². The number of ketones is 1. The number of ether oxygens (including phenoxy) is 3. The van der Waals surface area contributed by atoms with E-state index in [1.807, 2.05) is 32.0 Å². The summed E-state index contributed by atoms with van der Waals surface area (Å²) in [5.74, 6) is 0.477. The molecular formula is C26H35NO5. The minimum absolute atomic E-state index is 0.0813. The molecule has 1 aliphatic carbocycles. The number of hydrogen-bond donors (Lipinski definition) is 1. The molecule has 1 atom stereocenters. The van der Waals surface area contributed by atoms with Crippen molar-refractivity contribution in [1.82, 2.24) is 5.32 Å². The molecule has 0 amide bonds. The van der Waals surface area contributed by atoms with E-state index in [-0.39, 0.29) is 11.8 Å². The van der Waals surface area contributed by atoms with Crippen molar-refractivity contribution in [2.24, 2.45) is 0 Å². The summed E-state index contributed by atoms with van der Waals surface area (Å²) in [5.41, 5.74) is 3.66. The van der Waals surface area contributed by atoms with Crippen LogP contribution < -0.4 is 14.8 Å². The highest BCUT2D eigenvalue weighted by Crippen LogP contribution is 2.44. The Bertz CT molecular complexity index is 915. The van der Waals surface area contributed by atoms with Gasteiger partial charge in [-0.2, -0.15) is 0 Å². The monoisotopic (exact) mass is 441 g/mol. The molecule has 1 aliphatic heterocycles. The predicted octanol–water partition coefficient (Wildman–Crippen LogP) is 5.19. The second kappa shape index (κ2) is 11.2. The zero-order valence-corrected chi connectivity index (χ0v) is 19.7. The predicted molar refractivity (Wildman–Crippen MR) is 124 cm³/mol. The first-order valence-electron chi connectivity index (χ1n) is 11.7. The van der Waals surface area contributed by atoms with Crippen molar-refractivity contribution in [2.45, 2.75) is 71.6 Å². The van der Waals surface area contributed by atoms with E-state index >= 15 is 0 Å². The van der Waals surface area contributed by atoms with Crippen LogP contribution in [0, 0.1) is 0 Å². The molecule has 6 heteroatoms. The highest BCUT2D eigenvalue weighted by atomic mass is 16.5. The largest absolute Gasteiger partial charge is 0.493 e. The molecule has 0 saturated heterocycles. The van der Waals surface area contributed by atoms with Crippen LogP contribution in [0.1, 0.15) is 77.2 Å². The Morgan fingerprint density at radius 1 is 1.09 bits per heavy atom. The zero-order valence-electron chi connectivity index (χ0n) is 19.7. The van der Waals surface area contributed by atoms with Crippen LogP contribution in [0.5, 0.6) is 11.5 Å². The van der Waals surface area contributed by atoms with Crippen molar-refractivity contribution < 1.29 is 23.8 Å². The van der Waals surface area contributed by atoms with Crippen LogP contribution >= 0.6 is 0 Å². The molecule has 0 spiro atoms. The van der Waals surface area contributed by atoms with Gasteiger partial charge in [0.2, 0.25) is 0 Å². The van der Waals surface area contributed by atoms with E-state index in [0.717, 1.165) is 55.5 Å². The van der Waals surface area contributed by atoms with Crippen LogP contribution in [0.25, 0.3) is 0 Å². The molecule has 2 aliphatic rings. The normalized spacial score (nSPS) is 18.2. The molecule has 0 unspecified atom stereocenters. The van der Waals surface area contributed by atoms with Gasteiger partial charge in [-0.05, 0) is 50.3 Å². The molecule has 1 aromatic rings. The summed E-state index contributed by atoms with van der Waals surface area (Å²) >= 11 is 0. The number of methoxy groups -OCH3 is 1. The highest BCUT2D eigenvalue weighted by molar-refractivity contribution is 6.03. The van der Waals surface area contributed by atoms with Crippen LogP contribution in [-0.2, 0) is 14.3 Å². The maximum Gasteiger partial charge on any atom is 0.336 e. The van der Waals surface area contributed by atoms with Crippen LogP contribution in [-0.4, -0.2) is 32.1 Å². The number of hydrogen-bond acceptors (Lipinski definition) is 6. The third kappa shape index (κ3) is 5.17. The maximum absolute atomic E-state index is 13.2. The molecule has 1 aromatic carbocycles. The van der Waals surface area contributed by atoms with Gasteiger partial charge in [-0.25, -0.2) is 4.79 Å². The molecule has 0 saturated carbocycles. The third-order valence-electron chi connectivity index (χ3n) is 5.96. The fourth-order valence-corrected chi connectivity index (χ4v) is 4.38. The number of allylic oxidation sites excluding steroid dienone is 3. The lowest BCUT2D eigenvalue weighted by atomic mass is 9.75. The first-order chi connectivity index (χ1) is 15.5. The Labute approximate surface area is 191 Å². The number of benzene rings is 1. The van der Waals surface area contributed by atoms with Gasteiger partial charge < -0.3 is 19.5 Å². The summed E-state index contributed by atoms with van der Waals surface area (Å²) in [7, 11) is 1.60. The first kappa shape index (κ1) is 23.9. The Morgan fingerprint density at radius 2 is 1.91 bits per heavy atom. The topological polar surface area (TPSA) is 73.9 Å². The molecule has 6 nitrogen and oxygen atoms in total. The standard InChI is InChI=1S/C26H35NO5/c1-5-7-8-15-32-26(29)23-17(3)27-19-10-9-11-20(28)25(19)24(23)18-12-13-21(31-14-6-2)22(16-18)30-4/h12-13,16,24,27H,5-11,14-15H2,1-4H3/t24-/m1/s1. The van der Waals surface area contributed by atoms with E-state index in [1.165, 1.54) is 0 Å². The molecular weight excluding hydrogens is 406 g/mol. The number of carbonyl (C=O) groups is 2. The van der Waals surface area contributed by atoms with Gasteiger partial charge in [0.1, 0.15) is 0 Å². The molecule has 0 radical (unpaired) electrons. The van der Waals surface area contributed by atoms with Gasteiger partial charge in [-0.15, -0.1) is 0 Å². The molecule has 0 aromatic heterocycles. The minimum Gasteiger partial charge on any atom is -0.493 e. The number of dihydropyridines is 1. The van der Waals surface area contributed by atoms with Gasteiger partial charge in [-0.1, -0.05) is 32.8 Å². The first-order valence-corrected chi connectivity index (χ1v) is 11.7. The van der Waals surface area contributed by atoms with Crippen molar-refractivity contribution in [3.8, 4) is 11.5 Å². The number of rotatable bonds is 10. The molecule has 1 N–H and O–H groups in total. The smallest absolute Gasteiger partial charge is 0.336 e. The lowest BCUT2D eigenvalue weighted by Crippen LogP contribution is -2.34. The van der Waals surface area contributed by atoms with Crippen molar-refractivity contribution in [2.75, 3.05) is 20.3 Å². The molecule has 0 fully saturated rings. The summed E-state index contributed by atoms with van der Waals surface area (Å²) in [5, 5.41) is 3.33. The Balaban J connectivity index is 2.01. The van der Waals surface area contributed by atoms with Gasteiger partial charge in [0.15, 0.2) is 17.3 Å². The van der Waals surface area contributed by atoms with Crippen LogP contribution in [0.2, 0.25) is 0 Å². The number of Topliss-reactive ketones (excluding diaryl/α,β-unsaturated/α-hetero) is 1. The minimum atomic E-state index is -0.480. The maximum atomic E-state index is 13.2. The van der Waals surface area contributed by atoms with Crippen LogP contribution in [0.4, 0.5) is 0 Å². The van der Waals surface area contributed by atoms with E-state index in [2.05, 4.69) is 12.2 Å². The highest BCUT2D eigenvalue weighted by Gasteiger charge is 2.39. The van der Waals surface area contributed by atoms with Crippen molar-refractivity contribution in [1.29, 1.82) is 0 Å². The van der Waals surface area contributed by atoms with E-state index in [0.29, 0.717) is 42.3 Å². The van der Waals surface area contributed by atoms with Crippen molar-refractivity contribution in [3.63, 3.8) is 0 Å². The molecule has 0 bridgehead atoms. The van der Waals surface area contributed by atoms with Gasteiger partial charge in [-0.3, -0.25) is 4.79 Å². The lowest BCUT2D eigenvalue weighted by molar-refractivity contribution is -0.139. The number of unbranched alkanes of at least 4 members (excludes halogenated alkanes) is 2. The number of esters is 1. The Hall–Kier alpha value is -2.76. The van der Waals surface area contributed by atoms with Crippen LogP contribution in [0.3, 0.4) is 0 Å². The van der Waals surface area contributed by atoms with Gasteiger partial charge >= 0.3 is 5.97 Å². The fraction of sp³-hybridized carbons (Fsp3) is 0.538. The lowest BCUT2D eigenvalue weighted by Gasteiger charge is -2.34. The fourth-order valence-electron chi connectivity index (χ4n) is 4.38. The van der Waals surface area contributed by atoms with Gasteiger partial charge in [0.25, 0.3) is 0 Å². The van der Waals surface area contributed by atoms with Gasteiger partial charge in [0.05, 0.1) is 25.9 Å². The summed E-state index contributed by atoms with van der Waals surface area (Å²) in [6.07, 6.45) is 5.88. The van der Waals surface area contributed by atoms with Gasteiger partial charge in [0, 0.05) is 29.3 Å². The Morgan fingerprint density at radius 3 is 2.62 bits per heavy atom. The SMILES string of the molecule is CCCCCOC(=O)C1=C(C)NC2=C(C(=O)CCC2)[C@@H]1c1ccc(OCCC)c(OC)c1. The van der Waals surface area contributed by atoms with Crippen LogP contribution in [0.15, 0.2) is 40.7 Å². The van der Waals surface area contributed by atoms with Crippen molar-refractivity contribution in [3.05, 3.63) is 46.3 Å². The summed E-state index contributed by atoms with van der Waals surface area (Å²) < 4.78 is 17.0. The Kier molecular flexibility index (Phi) is 8.37. The summed E-state index contributed by atoms with van der Waals surface area (Å²) in [6, 6.07) is 5.66. The second-order valence-electron chi connectivity index (χ2n) is 8.37. The summed E-state index contributed by atoms with van der Waals surface area (Å²) in [6.45, 7) is 7.01. The second-order valence-corrected chi connectivity index (χ2v) is 8.37. The third-order valence-corrected chi connectivity index (χ3v) is 5.96. The summed E-state index contributed by atoms with van der Waals surface area (Å²) in [4.78, 5) is 26.2.